The number of ether oxygens (including phenoxy) is 2. The van der Waals surface area contributed by atoms with Crippen LogP contribution >= 0.6 is 0 Å². The Balaban J connectivity index is 1.75. The average molecular weight is 432 g/mol. The highest BCUT2D eigenvalue weighted by Gasteiger charge is 2.33. The lowest BCUT2D eigenvalue weighted by Crippen LogP contribution is -2.39. The van der Waals surface area contributed by atoms with Crippen molar-refractivity contribution in [3.8, 4) is 22.6 Å². The second-order valence-corrected chi connectivity index (χ2v) is 8.12. The highest BCUT2D eigenvalue weighted by Crippen LogP contribution is 2.42. The van der Waals surface area contributed by atoms with Crippen molar-refractivity contribution in [2.75, 3.05) is 27.3 Å². The van der Waals surface area contributed by atoms with Crippen LogP contribution in [0.15, 0.2) is 72.8 Å². The van der Waals surface area contributed by atoms with E-state index < -0.39 is 5.97 Å². The van der Waals surface area contributed by atoms with Crippen molar-refractivity contribution in [1.29, 1.82) is 0 Å². The first-order valence-corrected chi connectivity index (χ1v) is 11.0. The summed E-state index contributed by atoms with van der Waals surface area (Å²) in [5.41, 5.74) is 4.43. The van der Waals surface area contributed by atoms with E-state index in [1.807, 2.05) is 36.4 Å². The van der Waals surface area contributed by atoms with Gasteiger partial charge in [0.1, 0.15) is 11.5 Å². The van der Waals surface area contributed by atoms with Crippen molar-refractivity contribution in [2.24, 2.45) is 5.92 Å². The number of nitrogens with zero attached hydrogens (tertiary/aromatic N) is 1. The fourth-order valence-corrected chi connectivity index (χ4v) is 4.60. The summed E-state index contributed by atoms with van der Waals surface area (Å²) in [5.74, 6) is 0.541. The minimum atomic E-state index is -0.705. The summed E-state index contributed by atoms with van der Waals surface area (Å²) in [6.45, 7) is 1.40. The third-order valence-electron chi connectivity index (χ3n) is 6.32. The van der Waals surface area contributed by atoms with Crippen LogP contribution in [0.1, 0.15) is 30.0 Å². The maximum absolute atomic E-state index is 11.5. The molecule has 1 aliphatic heterocycles. The largest absolute Gasteiger partial charge is 0.496 e. The molecule has 3 aromatic carbocycles. The molecule has 1 unspecified atom stereocenters. The summed E-state index contributed by atoms with van der Waals surface area (Å²) in [5, 5.41) is 9.44. The maximum atomic E-state index is 11.5. The number of rotatable bonds is 7. The molecule has 1 atom stereocenters. The zero-order valence-electron chi connectivity index (χ0n) is 18.5. The van der Waals surface area contributed by atoms with Crippen molar-refractivity contribution in [3.05, 3.63) is 83.9 Å². The molecule has 1 heterocycles. The van der Waals surface area contributed by atoms with E-state index in [0.29, 0.717) is 25.9 Å². The highest BCUT2D eigenvalue weighted by molar-refractivity contribution is 5.70. The smallest absolute Gasteiger partial charge is 0.306 e. The van der Waals surface area contributed by atoms with E-state index in [4.69, 9.17) is 9.47 Å². The van der Waals surface area contributed by atoms with E-state index in [1.165, 1.54) is 5.56 Å². The van der Waals surface area contributed by atoms with Gasteiger partial charge in [0.2, 0.25) is 0 Å². The van der Waals surface area contributed by atoms with Gasteiger partial charge in [-0.3, -0.25) is 9.69 Å². The third kappa shape index (κ3) is 4.48. The molecule has 5 nitrogen and oxygen atoms in total. The number of hydrogen-bond donors (Lipinski definition) is 1. The molecule has 0 spiro atoms. The number of hydrogen-bond acceptors (Lipinski definition) is 4. The molecule has 32 heavy (non-hydrogen) atoms. The number of benzene rings is 3. The van der Waals surface area contributed by atoms with Crippen LogP contribution in [0.5, 0.6) is 11.5 Å². The number of carboxylic acids is 1. The van der Waals surface area contributed by atoms with E-state index >= 15 is 0 Å². The summed E-state index contributed by atoms with van der Waals surface area (Å²) in [6.07, 6.45) is 1.26. The van der Waals surface area contributed by atoms with Crippen LogP contribution in [0.4, 0.5) is 0 Å². The molecule has 0 amide bonds. The van der Waals surface area contributed by atoms with Gasteiger partial charge in [-0.05, 0) is 54.8 Å². The second-order valence-electron chi connectivity index (χ2n) is 8.12. The molecule has 5 heteroatoms. The quantitative estimate of drug-likeness (QED) is 0.553. The van der Waals surface area contributed by atoms with Crippen LogP contribution in [0, 0.1) is 5.92 Å². The summed E-state index contributed by atoms with van der Waals surface area (Å²) < 4.78 is 11.5. The normalized spacial score (nSPS) is 15.8. The van der Waals surface area contributed by atoms with Gasteiger partial charge < -0.3 is 14.6 Å². The Morgan fingerprint density at radius 1 is 0.844 bits per heavy atom. The molecule has 0 radical (unpaired) electrons. The molecular weight excluding hydrogens is 402 g/mol. The zero-order chi connectivity index (χ0) is 22.5. The molecule has 1 N–H and O–H groups in total. The lowest BCUT2D eigenvalue weighted by atomic mass is 9.89. The lowest BCUT2D eigenvalue weighted by molar-refractivity contribution is -0.143. The van der Waals surface area contributed by atoms with E-state index in [1.54, 1.807) is 14.2 Å². The molecule has 3 aromatic rings. The number of aliphatic carboxylic acids is 1. The number of piperidine rings is 1. The van der Waals surface area contributed by atoms with Gasteiger partial charge in [0.05, 0.1) is 31.7 Å². The Morgan fingerprint density at radius 3 is 1.94 bits per heavy atom. The molecule has 0 aliphatic carbocycles. The van der Waals surface area contributed by atoms with Gasteiger partial charge in [-0.2, -0.15) is 0 Å². The van der Waals surface area contributed by atoms with Gasteiger partial charge in [0.25, 0.3) is 0 Å². The van der Waals surface area contributed by atoms with Crippen molar-refractivity contribution in [3.63, 3.8) is 0 Å². The standard InChI is InChI=1S/C27H29NO4/c1-31-23-9-6-10-24(32-2)25(23)26(28-17-15-22(16-18-28)27(29)30)21-13-11-20(12-14-21)19-7-4-3-5-8-19/h3-14,22,26H,15-18H2,1-2H3,(H,29,30). The number of methoxy groups -OCH3 is 2. The summed E-state index contributed by atoms with van der Waals surface area (Å²) in [7, 11) is 3.34. The molecule has 1 saturated heterocycles. The number of carbonyl (C=O) groups is 1. The SMILES string of the molecule is COc1cccc(OC)c1C(c1ccc(-c2ccccc2)cc1)N1CCC(C(=O)O)CC1. The van der Waals surface area contributed by atoms with Crippen LogP contribution in [-0.2, 0) is 4.79 Å². The van der Waals surface area contributed by atoms with E-state index in [9.17, 15) is 9.90 Å². The van der Waals surface area contributed by atoms with E-state index in [2.05, 4.69) is 41.3 Å². The van der Waals surface area contributed by atoms with Crippen LogP contribution < -0.4 is 9.47 Å². The van der Waals surface area contributed by atoms with Crippen molar-refractivity contribution < 1.29 is 19.4 Å². The van der Waals surface area contributed by atoms with Crippen molar-refractivity contribution >= 4 is 5.97 Å². The summed E-state index contributed by atoms with van der Waals surface area (Å²) in [6, 6.07) is 24.6. The third-order valence-corrected chi connectivity index (χ3v) is 6.32. The Hall–Kier alpha value is -3.31. The van der Waals surface area contributed by atoms with Crippen LogP contribution in [0.2, 0.25) is 0 Å². The fraction of sp³-hybridized carbons (Fsp3) is 0.296. The molecule has 166 valence electrons. The van der Waals surface area contributed by atoms with Gasteiger partial charge in [-0.15, -0.1) is 0 Å². The summed E-state index contributed by atoms with van der Waals surface area (Å²) >= 11 is 0. The molecular formula is C27H29NO4. The minimum Gasteiger partial charge on any atom is -0.496 e. The van der Waals surface area contributed by atoms with Crippen LogP contribution in [-0.4, -0.2) is 43.3 Å². The first kappa shape index (κ1) is 21.9. The van der Waals surface area contributed by atoms with Gasteiger partial charge in [-0.25, -0.2) is 0 Å². The monoisotopic (exact) mass is 431 g/mol. The Morgan fingerprint density at radius 2 is 1.41 bits per heavy atom. The average Bonchev–Trinajstić information content (AvgIpc) is 2.85. The minimum absolute atomic E-state index is 0.0966. The molecule has 0 aromatic heterocycles. The van der Waals surface area contributed by atoms with Gasteiger partial charge in [-0.1, -0.05) is 60.7 Å². The molecule has 4 rings (SSSR count). The maximum Gasteiger partial charge on any atom is 0.306 e. The molecule has 0 saturated carbocycles. The van der Waals surface area contributed by atoms with E-state index in [-0.39, 0.29) is 12.0 Å². The predicted octanol–water partition coefficient (Wildman–Crippen LogP) is 5.26. The summed E-state index contributed by atoms with van der Waals surface area (Å²) in [4.78, 5) is 13.8. The first-order valence-electron chi connectivity index (χ1n) is 11.0. The Bertz CT molecular complexity index is 1020. The first-order chi connectivity index (χ1) is 15.6. The fourth-order valence-electron chi connectivity index (χ4n) is 4.60. The second kappa shape index (κ2) is 9.88. The number of carboxylic acid groups (broad SMARTS) is 1. The Labute approximate surface area is 189 Å². The Kier molecular flexibility index (Phi) is 6.76. The predicted molar refractivity (Wildman–Crippen MR) is 125 cm³/mol. The van der Waals surface area contributed by atoms with Crippen molar-refractivity contribution in [1.82, 2.24) is 4.90 Å². The van der Waals surface area contributed by atoms with Gasteiger partial charge in [0, 0.05) is 0 Å². The number of likely N-dealkylation sites (tertiary alicyclic amines) is 1. The van der Waals surface area contributed by atoms with Crippen LogP contribution in [0.25, 0.3) is 11.1 Å². The van der Waals surface area contributed by atoms with Crippen molar-refractivity contribution in [2.45, 2.75) is 18.9 Å². The molecule has 0 bridgehead atoms. The van der Waals surface area contributed by atoms with Crippen LogP contribution in [0.3, 0.4) is 0 Å². The topological polar surface area (TPSA) is 59.0 Å². The zero-order valence-corrected chi connectivity index (χ0v) is 18.5. The molecule has 1 aliphatic rings. The van der Waals surface area contributed by atoms with Gasteiger partial charge in [0.15, 0.2) is 0 Å². The highest BCUT2D eigenvalue weighted by atomic mass is 16.5. The van der Waals surface area contributed by atoms with Gasteiger partial charge >= 0.3 is 5.97 Å². The lowest BCUT2D eigenvalue weighted by Gasteiger charge is -2.38. The van der Waals surface area contributed by atoms with E-state index in [0.717, 1.165) is 28.2 Å². The molecule has 1 fully saturated rings.